The van der Waals surface area contributed by atoms with E-state index in [4.69, 9.17) is 9.47 Å². The monoisotopic (exact) mass is 392 g/mol. The van der Waals surface area contributed by atoms with Gasteiger partial charge in [-0.3, -0.25) is 9.80 Å². The number of allylic oxidation sites excluding steroid dienone is 1. The Bertz CT molecular complexity index is 451. The summed E-state index contributed by atoms with van der Waals surface area (Å²) < 4.78 is 50.0. The minimum absolute atomic E-state index is 0.0294. The Morgan fingerprint density at radius 1 is 1.11 bits per heavy atom. The van der Waals surface area contributed by atoms with Crippen LogP contribution in [0.1, 0.15) is 45.4 Å². The molecule has 2 rings (SSSR count). The molecule has 0 radical (unpaired) electrons. The molecule has 0 aliphatic carbocycles. The van der Waals surface area contributed by atoms with Gasteiger partial charge >= 0.3 is 6.18 Å². The van der Waals surface area contributed by atoms with Crippen molar-refractivity contribution in [2.45, 2.75) is 57.7 Å². The molecule has 158 valence electrons. The highest BCUT2D eigenvalue weighted by molar-refractivity contribution is 5.02. The van der Waals surface area contributed by atoms with Crippen LogP contribution < -0.4 is 0 Å². The van der Waals surface area contributed by atoms with Crippen molar-refractivity contribution in [2.75, 3.05) is 53.0 Å². The number of likely N-dealkylation sites (tertiary alicyclic amines) is 2. The number of alkyl halides is 3. The van der Waals surface area contributed by atoms with Gasteiger partial charge in [-0.1, -0.05) is 13.3 Å². The van der Waals surface area contributed by atoms with E-state index in [0.717, 1.165) is 44.7 Å². The highest BCUT2D eigenvalue weighted by Crippen LogP contribution is 2.28. The van der Waals surface area contributed by atoms with Crippen LogP contribution in [0.3, 0.4) is 0 Å². The summed E-state index contributed by atoms with van der Waals surface area (Å²) in [6.07, 6.45) is 3.99. The van der Waals surface area contributed by atoms with E-state index < -0.39 is 12.7 Å². The largest absolute Gasteiger partial charge is 0.491 e. The van der Waals surface area contributed by atoms with Gasteiger partial charge in [0, 0.05) is 26.1 Å². The van der Waals surface area contributed by atoms with Crippen molar-refractivity contribution < 1.29 is 22.6 Å². The molecule has 4 nitrogen and oxygen atoms in total. The van der Waals surface area contributed by atoms with Crippen LogP contribution in [0.5, 0.6) is 0 Å². The van der Waals surface area contributed by atoms with E-state index in [9.17, 15) is 13.2 Å². The number of halogens is 3. The molecule has 0 aromatic heterocycles. The minimum atomic E-state index is -4.15. The number of hydrogen-bond acceptors (Lipinski definition) is 4. The van der Waals surface area contributed by atoms with Gasteiger partial charge < -0.3 is 9.47 Å². The molecular weight excluding hydrogens is 357 g/mol. The quantitative estimate of drug-likeness (QED) is 0.552. The standard InChI is InChI=1S/C20H35F3N2O2/c1-3-8-19(17-9-7-12-25(13-17)16-20(21,22)23)27-18(15-26-2)14-24-10-5-4-6-11-24/h8,17-18H,3-7,9-16H2,1-2H3/b19-8+. The molecule has 2 aliphatic rings. The van der Waals surface area contributed by atoms with E-state index in [0.29, 0.717) is 19.7 Å². The van der Waals surface area contributed by atoms with Crippen LogP contribution >= 0.6 is 0 Å². The average molecular weight is 393 g/mol. The third-order valence-electron chi connectivity index (χ3n) is 5.28. The first kappa shape index (κ1) is 22.5. The molecule has 2 fully saturated rings. The topological polar surface area (TPSA) is 24.9 Å². The number of rotatable bonds is 9. The molecule has 0 aromatic rings. The normalized spacial score (nSPS) is 24.8. The summed E-state index contributed by atoms with van der Waals surface area (Å²) in [7, 11) is 1.67. The average Bonchev–Trinajstić information content (AvgIpc) is 2.61. The van der Waals surface area contributed by atoms with Gasteiger partial charge in [-0.15, -0.1) is 0 Å². The van der Waals surface area contributed by atoms with Gasteiger partial charge in [0.2, 0.25) is 0 Å². The minimum Gasteiger partial charge on any atom is -0.491 e. The van der Waals surface area contributed by atoms with Gasteiger partial charge in [0.15, 0.2) is 0 Å². The summed E-state index contributed by atoms with van der Waals surface area (Å²) in [5.74, 6) is 0.880. The predicted molar refractivity (Wildman–Crippen MR) is 101 cm³/mol. The molecule has 2 heterocycles. The first-order chi connectivity index (χ1) is 12.9. The van der Waals surface area contributed by atoms with Crippen molar-refractivity contribution in [1.29, 1.82) is 0 Å². The Hall–Kier alpha value is -0.790. The van der Waals surface area contributed by atoms with Gasteiger partial charge in [-0.2, -0.15) is 13.2 Å². The number of nitrogens with zero attached hydrogens (tertiary/aromatic N) is 2. The van der Waals surface area contributed by atoms with E-state index in [-0.39, 0.29) is 12.0 Å². The molecule has 0 amide bonds. The zero-order chi connectivity index (χ0) is 19.7. The second kappa shape index (κ2) is 11.3. The molecular formula is C20H35F3N2O2. The van der Waals surface area contributed by atoms with Crippen molar-refractivity contribution in [3.8, 4) is 0 Å². The number of methoxy groups -OCH3 is 1. The van der Waals surface area contributed by atoms with Gasteiger partial charge in [-0.25, -0.2) is 0 Å². The van der Waals surface area contributed by atoms with E-state index >= 15 is 0 Å². The Balaban J connectivity index is 1.97. The van der Waals surface area contributed by atoms with E-state index in [1.807, 2.05) is 13.0 Å². The molecule has 0 saturated carbocycles. The molecule has 27 heavy (non-hydrogen) atoms. The molecule has 2 atom stereocenters. The summed E-state index contributed by atoms with van der Waals surface area (Å²) in [4.78, 5) is 3.92. The van der Waals surface area contributed by atoms with Crippen LogP contribution in [-0.2, 0) is 9.47 Å². The highest BCUT2D eigenvalue weighted by atomic mass is 19.4. The summed E-state index contributed by atoms with van der Waals surface area (Å²) in [5.41, 5.74) is 0. The molecule has 2 unspecified atom stereocenters. The molecule has 0 aromatic carbocycles. The van der Waals surface area contributed by atoms with E-state index in [1.54, 1.807) is 7.11 Å². The van der Waals surface area contributed by atoms with Crippen LogP contribution in [0.2, 0.25) is 0 Å². The van der Waals surface area contributed by atoms with Crippen molar-refractivity contribution in [3.63, 3.8) is 0 Å². The maximum Gasteiger partial charge on any atom is 0.401 e. The second-order valence-corrected chi connectivity index (χ2v) is 7.76. The molecule has 0 spiro atoms. The third kappa shape index (κ3) is 8.40. The molecule has 2 saturated heterocycles. The highest BCUT2D eigenvalue weighted by Gasteiger charge is 2.34. The zero-order valence-electron chi connectivity index (χ0n) is 16.8. The molecule has 0 bridgehead atoms. The first-order valence-corrected chi connectivity index (χ1v) is 10.3. The van der Waals surface area contributed by atoms with Crippen LogP contribution in [0, 0.1) is 5.92 Å². The predicted octanol–water partition coefficient (Wildman–Crippen LogP) is 4.07. The Kier molecular flexibility index (Phi) is 9.39. The van der Waals surface area contributed by atoms with E-state index in [2.05, 4.69) is 4.90 Å². The Morgan fingerprint density at radius 3 is 2.44 bits per heavy atom. The summed E-state index contributed by atoms with van der Waals surface area (Å²) in [6.45, 7) is 5.59. The SMILES string of the molecule is CC/C=C(/OC(COC)CN1CCCCC1)C1CCCN(CC(F)(F)F)C1. The number of hydrogen-bond donors (Lipinski definition) is 0. The van der Waals surface area contributed by atoms with Crippen molar-refractivity contribution >= 4 is 0 Å². The Morgan fingerprint density at radius 2 is 1.81 bits per heavy atom. The molecule has 2 aliphatic heterocycles. The van der Waals surface area contributed by atoms with Crippen LogP contribution in [0.4, 0.5) is 13.2 Å². The van der Waals surface area contributed by atoms with Crippen molar-refractivity contribution in [2.24, 2.45) is 5.92 Å². The van der Waals surface area contributed by atoms with E-state index in [1.165, 1.54) is 24.2 Å². The fourth-order valence-electron chi connectivity index (χ4n) is 4.13. The van der Waals surface area contributed by atoms with Gasteiger partial charge in [0.05, 0.1) is 18.9 Å². The second-order valence-electron chi connectivity index (χ2n) is 7.76. The lowest BCUT2D eigenvalue weighted by molar-refractivity contribution is -0.149. The maximum absolute atomic E-state index is 12.8. The molecule has 7 heteroatoms. The summed E-state index contributed by atoms with van der Waals surface area (Å²) in [6, 6.07) is 0. The first-order valence-electron chi connectivity index (χ1n) is 10.3. The van der Waals surface area contributed by atoms with Crippen LogP contribution in [0.15, 0.2) is 11.8 Å². The van der Waals surface area contributed by atoms with Gasteiger partial charge in [-0.05, 0) is 57.8 Å². The lowest BCUT2D eigenvalue weighted by atomic mass is 9.95. The number of piperidine rings is 2. The third-order valence-corrected chi connectivity index (χ3v) is 5.28. The van der Waals surface area contributed by atoms with Crippen LogP contribution in [-0.4, -0.2) is 75.1 Å². The Labute approximate surface area is 161 Å². The summed E-state index contributed by atoms with van der Waals surface area (Å²) in [5, 5.41) is 0. The maximum atomic E-state index is 12.8. The smallest absolute Gasteiger partial charge is 0.401 e. The lowest BCUT2D eigenvalue weighted by Gasteiger charge is -2.36. The van der Waals surface area contributed by atoms with Crippen molar-refractivity contribution in [3.05, 3.63) is 11.8 Å². The number of ether oxygens (including phenoxy) is 2. The van der Waals surface area contributed by atoms with Crippen molar-refractivity contribution in [1.82, 2.24) is 9.80 Å². The fraction of sp³-hybridized carbons (Fsp3) is 0.900. The van der Waals surface area contributed by atoms with Gasteiger partial charge in [0.1, 0.15) is 6.10 Å². The molecule has 0 N–H and O–H groups in total. The van der Waals surface area contributed by atoms with Gasteiger partial charge in [0.25, 0.3) is 0 Å². The lowest BCUT2D eigenvalue weighted by Crippen LogP contribution is -2.43. The summed E-state index contributed by atoms with van der Waals surface area (Å²) >= 11 is 0. The fourth-order valence-corrected chi connectivity index (χ4v) is 4.13. The van der Waals surface area contributed by atoms with Crippen LogP contribution in [0.25, 0.3) is 0 Å². The zero-order valence-corrected chi connectivity index (χ0v) is 16.8.